The number of alkyl halides is 1. The monoisotopic (exact) mass is 298 g/mol. The zero-order valence-electron chi connectivity index (χ0n) is 8.60. The lowest BCUT2D eigenvalue weighted by atomic mass is 10.2. The van der Waals surface area contributed by atoms with Crippen LogP contribution in [0.4, 0.5) is 0 Å². The number of likely N-dealkylation sites (N-methyl/N-ethyl adjacent to an activating group) is 1. The van der Waals surface area contributed by atoms with E-state index in [0.29, 0.717) is 0 Å². The van der Waals surface area contributed by atoms with Gasteiger partial charge in [-0.2, -0.15) is 0 Å². The summed E-state index contributed by atoms with van der Waals surface area (Å²) in [5.74, 6) is 0. The average Bonchev–Trinajstić information content (AvgIpc) is 2.20. The molecule has 2 nitrogen and oxygen atoms in total. The first-order chi connectivity index (χ1) is 6.33. The van der Waals surface area contributed by atoms with Crippen LogP contribution in [0.3, 0.4) is 0 Å². The minimum Gasteiger partial charge on any atom is -0.370 e. The molecule has 1 heterocycles. The zero-order chi connectivity index (χ0) is 9.57. The summed E-state index contributed by atoms with van der Waals surface area (Å²) in [5.41, 5.74) is 0. The quantitative estimate of drug-likeness (QED) is 0.327. The van der Waals surface area contributed by atoms with Gasteiger partial charge in [0.1, 0.15) is 13.1 Å². The first-order valence-corrected chi connectivity index (χ1v) is 6.84. The molecule has 0 aromatic heterocycles. The Bertz CT molecular complexity index is 135. The molecule has 0 bridgehead atoms. The summed E-state index contributed by atoms with van der Waals surface area (Å²) in [4.78, 5) is 0. The maximum absolute atomic E-state index is 5.42. The molecule has 1 saturated heterocycles. The Labute approximate surface area is 95.4 Å². The van der Waals surface area contributed by atoms with Crippen LogP contribution in [0.25, 0.3) is 0 Å². The van der Waals surface area contributed by atoms with Gasteiger partial charge >= 0.3 is 0 Å². The third-order valence-corrected chi connectivity index (χ3v) is 3.87. The van der Waals surface area contributed by atoms with E-state index < -0.39 is 0 Å². The van der Waals surface area contributed by atoms with Gasteiger partial charge < -0.3 is 9.22 Å². The molecule has 0 radical (unpaired) electrons. The van der Waals surface area contributed by atoms with E-state index >= 15 is 0 Å². The minimum absolute atomic E-state index is 0.970. The summed E-state index contributed by atoms with van der Waals surface area (Å²) in [6, 6.07) is 0. The van der Waals surface area contributed by atoms with Crippen LogP contribution in [0.5, 0.6) is 0 Å². The van der Waals surface area contributed by atoms with E-state index in [9.17, 15) is 0 Å². The Morgan fingerprint density at radius 3 is 2.46 bits per heavy atom. The number of halogens is 1. The second-order valence-corrected chi connectivity index (χ2v) is 4.92. The van der Waals surface area contributed by atoms with Crippen molar-refractivity contribution in [1.82, 2.24) is 0 Å². The number of morpholine rings is 1. The largest absolute Gasteiger partial charge is 0.370 e. The van der Waals surface area contributed by atoms with Crippen molar-refractivity contribution >= 4 is 22.6 Å². The van der Waals surface area contributed by atoms with Gasteiger partial charge in [0, 0.05) is 0 Å². The summed E-state index contributed by atoms with van der Waals surface area (Å²) in [6.07, 6.45) is 2.76. The molecule has 0 saturated carbocycles. The van der Waals surface area contributed by atoms with Crippen LogP contribution in [-0.4, -0.2) is 48.3 Å². The highest BCUT2D eigenvalue weighted by Gasteiger charge is 2.27. The molecule has 0 aliphatic carbocycles. The van der Waals surface area contributed by atoms with Crippen molar-refractivity contribution in [3.8, 4) is 0 Å². The molecule has 3 heteroatoms. The van der Waals surface area contributed by atoms with Crippen LogP contribution in [0, 0.1) is 0 Å². The maximum atomic E-state index is 5.42. The standard InChI is InChI=1S/C10H21INO/c1-2-12(6-4-3-5-11)7-9-13-10-8-12/h2-10H2,1H3/q+1. The molecule has 0 N–H and O–H groups in total. The Hall–Kier alpha value is 0.650. The molecule has 0 atom stereocenters. The molecular weight excluding hydrogens is 277 g/mol. The summed E-state index contributed by atoms with van der Waals surface area (Å²) in [5, 5.41) is 0. The van der Waals surface area contributed by atoms with Crippen molar-refractivity contribution in [1.29, 1.82) is 0 Å². The van der Waals surface area contributed by atoms with Crippen molar-refractivity contribution in [2.45, 2.75) is 19.8 Å². The van der Waals surface area contributed by atoms with Gasteiger partial charge in [0.25, 0.3) is 0 Å². The number of hydrogen-bond acceptors (Lipinski definition) is 1. The zero-order valence-corrected chi connectivity index (χ0v) is 10.8. The van der Waals surface area contributed by atoms with Gasteiger partial charge in [-0.15, -0.1) is 0 Å². The second-order valence-electron chi connectivity index (χ2n) is 3.84. The molecule has 0 aromatic rings. The highest BCUT2D eigenvalue weighted by Crippen LogP contribution is 2.13. The predicted octanol–water partition coefficient (Wildman–Crippen LogP) is 2.07. The van der Waals surface area contributed by atoms with E-state index in [1.54, 1.807) is 0 Å². The van der Waals surface area contributed by atoms with Crippen molar-refractivity contribution in [2.24, 2.45) is 0 Å². The number of quaternary nitrogens is 1. The van der Waals surface area contributed by atoms with E-state index in [2.05, 4.69) is 29.5 Å². The van der Waals surface area contributed by atoms with E-state index in [1.807, 2.05) is 0 Å². The smallest absolute Gasteiger partial charge is 0.102 e. The van der Waals surface area contributed by atoms with Gasteiger partial charge in [-0.1, -0.05) is 22.6 Å². The Morgan fingerprint density at radius 2 is 1.92 bits per heavy atom. The number of nitrogens with zero attached hydrogens (tertiary/aromatic N) is 1. The van der Waals surface area contributed by atoms with E-state index in [4.69, 9.17) is 4.74 Å². The number of ether oxygens (including phenoxy) is 1. The topological polar surface area (TPSA) is 9.23 Å². The highest BCUT2D eigenvalue weighted by molar-refractivity contribution is 14.1. The molecule has 0 aromatic carbocycles. The lowest BCUT2D eigenvalue weighted by molar-refractivity contribution is -0.933. The third kappa shape index (κ3) is 3.72. The summed E-state index contributed by atoms with van der Waals surface area (Å²) in [6.45, 7) is 9.37. The minimum atomic E-state index is 0.970. The van der Waals surface area contributed by atoms with E-state index in [1.165, 1.54) is 47.9 Å². The SMILES string of the molecule is CC[N+]1(CCCCI)CCOCC1. The fraction of sp³-hybridized carbons (Fsp3) is 1.00. The molecule has 1 aliphatic rings. The maximum Gasteiger partial charge on any atom is 0.102 e. The first kappa shape index (κ1) is 11.7. The van der Waals surface area contributed by atoms with E-state index in [-0.39, 0.29) is 0 Å². The Balaban J connectivity index is 2.29. The van der Waals surface area contributed by atoms with Gasteiger partial charge in [-0.25, -0.2) is 0 Å². The van der Waals surface area contributed by atoms with Gasteiger partial charge in [-0.05, 0) is 24.2 Å². The Morgan fingerprint density at radius 1 is 1.23 bits per heavy atom. The number of hydrogen-bond donors (Lipinski definition) is 0. The van der Waals surface area contributed by atoms with Crippen molar-refractivity contribution in [3.63, 3.8) is 0 Å². The van der Waals surface area contributed by atoms with Crippen molar-refractivity contribution in [3.05, 3.63) is 0 Å². The molecule has 1 fully saturated rings. The molecule has 0 amide bonds. The number of unbranched alkanes of at least 4 members (excludes halogenated alkanes) is 1. The first-order valence-electron chi connectivity index (χ1n) is 5.32. The lowest BCUT2D eigenvalue weighted by Gasteiger charge is -2.40. The summed E-state index contributed by atoms with van der Waals surface area (Å²) >= 11 is 2.47. The normalized spacial score (nSPS) is 21.7. The van der Waals surface area contributed by atoms with Crippen LogP contribution in [-0.2, 0) is 4.74 Å². The van der Waals surface area contributed by atoms with Gasteiger partial charge in [0.05, 0.1) is 26.3 Å². The van der Waals surface area contributed by atoms with Crippen LogP contribution in [0.15, 0.2) is 0 Å². The fourth-order valence-corrected chi connectivity index (χ4v) is 2.51. The second kappa shape index (κ2) is 6.19. The highest BCUT2D eigenvalue weighted by atomic mass is 127. The molecule has 1 rings (SSSR count). The fourth-order valence-electron chi connectivity index (χ4n) is 1.97. The van der Waals surface area contributed by atoms with E-state index in [0.717, 1.165) is 13.2 Å². The molecule has 13 heavy (non-hydrogen) atoms. The molecular formula is C10H21INO+. The van der Waals surface area contributed by atoms with Gasteiger partial charge in [-0.3, -0.25) is 0 Å². The van der Waals surface area contributed by atoms with Gasteiger partial charge in [0.15, 0.2) is 0 Å². The summed E-state index contributed by atoms with van der Waals surface area (Å²) in [7, 11) is 0. The molecule has 78 valence electrons. The number of rotatable bonds is 5. The van der Waals surface area contributed by atoms with Crippen LogP contribution < -0.4 is 0 Å². The average molecular weight is 298 g/mol. The van der Waals surface area contributed by atoms with Crippen LogP contribution in [0.1, 0.15) is 19.8 Å². The molecule has 0 unspecified atom stereocenters. The van der Waals surface area contributed by atoms with Crippen molar-refractivity contribution in [2.75, 3.05) is 43.8 Å². The predicted molar refractivity (Wildman–Crippen MR) is 64.3 cm³/mol. The van der Waals surface area contributed by atoms with Gasteiger partial charge in [0.2, 0.25) is 0 Å². The van der Waals surface area contributed by atoms with Crippen LogP contribution in [0.2, 0.25) is 0 Å². The molecule has 1 aliphatic heterocycles. The Kier molecular flexibility index (Phi) is 5.58. The van der Waals surface area contributed by atoms with Crippen molar-refractivity contribution < 1.29 is 9.22 Å². The van der Waals surface area contributed by atoms with Crippen LogP contribution >= 0.6 is 22.6 Å². The molecule has 0 spiro atoms. The third-order valence-electron chi connectivity index (χ3n) is 3.11. The lowest BCUT2D eigenvalue weighted by Crippen LogP contribution is -2.55. The summed E-state index contributed by atoms with van der Waals surface area (Å²) < 4.78 is 8.02.